The van der Waals surface area contributed by atoms with Crippen molar-refractivity contribution in [2.45, 2.75) is 18.5 Å². The number of hydrogen-bond donors (Lipinski definition) is 2. The van der Waals surface area contributed by atoms with E-state index in [1.54, 1.807) is 0 Å². The number of ether oxygens (including phenoxy) is 1. The second-order valence-corrected chi connectivity index (χ2v) is 2.97. The highest BCUT2D eigenvalue weighted by molar-refractivity contribution is 5.85. The third-order valence-electron chi connectivity index (χ3n) is 2.05. The second kappa shape index (κ2) is 5.02. The molecule has 14 heavy (non-hydrogen) atoms. The van der Waals surface area contributed by atoms with Crippen molar-refractivity contribution < 1.29 is 19.4 Å². The smallest absolute Gasteiger partial charge is 0.408 e. The fourth-order valence-electron chi connectivity index (χ4n) is 1.44. The summed E-state index contributed by atoms with van der Waals surface area (Å²) in [5, 5.41) is 8.71. The maximum absolute atomic E-state index is 11.1. The molecule has 0 spiro atoms. The van der Waals surface area contributed by atoms with Gasteiger partial charge in [-0.3, -0.25) is 4.90 Å². The molecule has 0 aliphatic carbocycles. The molecule has 0 bridgehead atoms. The highest BCUT2D eigenvalue weighted by Crippen LogP contribution is 2.17. The number of amides is 1. The normalized spacial score (nSPS) is 25.4. The number of nitrogens with two attached hydrogens (primary N) is 1. The molecule has 0 aromatic rings. The second-order valence-electron chi connectivity index (χ2n) is 2.97. The molecule has 1 amide bonds. The highest BCUT2D eigenvalue weighted by atomic mass is 35.5. The number of hydrogen-bond acceptors (Lipinski definition) is 4. The summed E-state index contributed by atoms with van der Waals surface area (Å²) in [5.74, 6) is -0.546. The van der Waals surface area contributed by atoms with Gasteiger partial charge in [0.15, 0.2) is 0 Å². The lowest BCUT2D eigenvalue weighted by Gasteiger charge is -2.18. The molecular formula is C7H13ClN2O4. The number of methoxy groups -OCH3 is 1. The Hall–Kier alpha value is -1.01. The zero-order valence-corrected chi connectivity index (χ0v) is 8.49. The van der Waals surface area contributed by atoms with E-state index in [2.05, 4.69) is 4.74 Å². The first-order valence-corrected chi connectivity index (χ1v) is 3.89. The molecule has 0 saturated carbocycles. The van der Waals surface area contributed by atoms with Crippen molar-refractivity contribution >= 4 is 24.5 Å². The van der Waals surface area contributed by atoms with E-state index in [0.717, 1.165) is 4.90 Å². The minimum Gasteiger partial charge on any atom is -0.467 e. The summed E-state index contributed by atoms with van der Waals surface area (Å²) in [4.78, 5) is 22.7. The van der Waals surface area contributed by atoms with Crippen LogP contribution in [0.3, 0.4) is 0 Å². The van der Waals surface area contributed by atoms with Crippen LogP contribution in [0.4, 0.5) is 4.79 Å². The molecule has 0 aromatic heterocycles. The highest BCUT2D eigenvalue weighted by Gasteiger charge is 2.38. The number of likely N-dealkylation sites (tertiary alicyclic amines) is 1. The fourth-order valence-corrected chi connectivity index (χ4v) is 1.44. The molecule has 1 heterocycles. The maximum atomic E-state index is 11.1. The van der Waals surface area contributed by atoms with E-state index in [1.807, 2.05) is 0 Å². The Kier molecular flexibility index (Phi) is 4.65. The first-order chi connectivity index (χ1) is 6.06. The summed E-state index contributed by atoms with van der Waals surface area (Å²) in [7, 11) is 1.23. The van der Waals surface area contributed by atoms with Gasteiger partial charge in [-0.15, -0.1) is 12.4 Å². The lowest BCUT2D eigenvalue weighted by Crippen LogP contribution is -2.40. The third-order valence-corrected chi connectivity index (χ3v) is 2.05. The number of nitrogens with zero attached hydrogens (tertiary/aromatic N) is 1. The van der Waals surface area contributed by atoms with Crippen molar-refractivity contribution in [3.63, 3.8) is 0 Å². The summed E-state index contributed by atoms with van der Waals surface area (Å²) in [6.45, 7) is 0.190. The Morgan fingerprint density at radius 3 is 2.57 bits per heavy atom. The summed E-state index contributed by atoms with van der Waals surface area (Å²) < 4.78 is 4.46. The van der Waals surface area contributed by atoms with Crippen LogP contribution in [-0.2, 0) is 9.53 Å². The molecule has 6 nitrogen and oxygen atoms in total. The predicted octanol–water partition coefficient (Wildman–Crippen LogP) is -0.339. The van der Waals surface area contributed by atoms with Crippen LogP contribution in [0.5, 0.6) is 0 Å². The SMILES string of the molecule is COC(=O)[C@H]1C[C@@H](N)CN1C(=O)O.Cl. The van der Waals surface area contributed by atoms with Gasteiger partial charge in [-0.05, 0) is 6.42 Å². The van der Waals surface area contributed by atoms with Crippen LogP contribution in [0.2, 0.25) is 0 Å². The first-order valence-electron chi connectivity index (χ1n) is 3.89. The number of halogens is 1. The van der Waals surface area contributed by atoms with Crippen molar-refractivity contribution in [2.24, 2.45) is 5.73 Å². The molecule has 2 atom stereocenters. The average Bonchev–Trinajstić information content (AvgIpc) is 2.46. The lowest BCUT2D eigenvalue weighted by molar-refractivity contribution is -0.145. The maximum Gasteiger partial charge on any atom is 0.408 e. The van der Waals surface area contributed by atoms with Gasteiger partial charge in [0.05, 0.1) is 7.11 Å². The minimum absolute atomic E-state index is 0. The van der Waals surface area contributed by atoms with E-state index in [1.165, 1.54) is 7.11 Å². The molecule has 0 radical (unpaired) electrons. The fraction of sp³-hybridized carbons (Fsp3) is 0.714. The molecule has 0 unspecified atom stereocenters. The van der Waals surface area contributed by atoms with E-state index in [4.69, 9.17) is 10.8 Å². The van der Waals surface area contributed by atoms with Gasteiger partial charge in [-0.1, -0.05) is 0 Å². The van der Waals surface area contributed by atoms with Gasteiger partial charge in [-0.25, -0.2) is 9.59 Å². The van der Waals surface area contributed by atoms with E-state index < -0.39 is 18.1 Å². The van der Waals surface area contributed by atoms with E-state index in [-0.39, 0.29) is 25.0 Å². The van der Waals surface area contributed by atoms with Crippen LogP contribution in [0.15, 0.2) is 0 Å². The topological polar surface area (TPSA) is 92.9 Å². The first kappa shape index (κ1) is 13.0. The Labute approximate surface area is 87.4 Å². The molecule has 1 saturated heterocycles. The lowest BCUT2D eigenvalue weighted by atomic mass is 10.2. The predicted molar refractivity (Wildman–Crippen MR) is 50.4 cm³/mol. The van der Waals surface area contributed by atoms with Crippen molar-refractivity contribution in [1.29, 1.82) is 0 Å². The molecular weight excluding hydrogens is 212 g/mol. The minimum atomic E-state index is -1.14. The standard InChI is InChI=1S/C7H12N2O4.ClH/c1-13-6(10)5-2-4(8)3-9(5)7(11)12;/h4-5H,2-3,8H2,1H3,(H,11,12);1H/t4-,5-;/m1./s1. The van der Waals surface area contributed by atoms with E-state index >= 15 is 0 Å². The van der Waals surface area contributed by atoms with Gasteiger partial charge < -0.3 is 15.6 Å². The van der Waals surface area contributed by atoms with Crippen molar-refractivity contribution in [1.82, 2.24) is 4.90 Å². The van der Waals surface area contributed by atoms with Gasteiger partial charge >= 0.3 is 12.1 Å². The number of carboxylic acid groups (broad SMARTS) is 1. The summed E-state index contributed by atoms with van der Waals surface area (Å²) in [6.07, 6.45) is -0.803. The van der Waals surface area contributed by atoms with Gasteiger partial charge in [0.2, 0.25) is 0 Å². The van der Waals surface area contributed by atoms with Crippen LogP contribution in [-0.4, -0.2) is 47.8 Å². The summed E-state index contributed by atoms with van der Waals surface area (Å²) in [5.41, 5.74) is 5.53. The van der Waals surface area contributed by atoms with E-state index in [0.29, 0.717) is 6.42 Å². The Morgan fingerprint density at radius 1 is 1.57 bits per heavy atom. The number of esters is 1. The third kappa shape index (κ3) is 2.49. The molecule has 1 rings (SSSR count). The number of rotatable bonds is 1. The van der Waals surface area contributed by atoms with Crippen molar-refractivity contribution in [3.05, 3.63) is 0 Å². The van der Waals surface area contributed by atoms with Crippen LogP contribution >= 0.6 is 12.4 Å². The van der Waals surface area contributed by atoms with Gasteiger partial charge in [-0.2, -0.15) is 0 Å². The molecule has 3 N–H and O–H groups in total. The molecule has 7 heteroatoms. The number of carbonyl (C=O) groups excluding carboxylic acids is 1. The molecule has 0 aromatic carbocycles. The zero-order chi connectivity index (χ0) is 10.0. The van der Waals surface area contributed by atoms with E-state index in [9.17, 15) is 9.59 Å². The van der Waals surface area contributed by atoms with Crippen molar-refractivity contribution in [3.8, 4) is 0 Å². The van der Waals surface area contributed by atoms with Gasteiger partial charge in [0.25, 0.3) is 0 Å². The number of carbonyl (C=O) groups is 2. The Bertz CT molecular complexity index is 236. The Morgan fingerprint density at radius 2 is 2.14 bits per heavy atom. The van der Waals surface area contributed by atoms with Gasteiger partial charge in [0, 0.05) is 12.6 Å². The Balaban J connectivity index is 0.00000169. The van der Waals surface area contributed by atoms with Crippen LogP contribution in [0, 0.1) is 0 Å². The van der Waals surface area contributed by atoms with Crippen LogP contribution in [0.25, 0.3) is 0 Å². The molecule has 1 aliphatic heterocycles. The average molecular weight is 225 g/mol. The zero-order valence-electron chi connectivity index (χ0n) is 7.67. The monoisotopic (exact) mass is 224 g/mol. The molecule has 1 aliphatic rings. The summed E-state index contributed by atoms with van der Waals surface area (Å²) >= 11 is 0. The van der Waals surface area contributed by atoms with Crippen LogP contribution in [0.1, 0.15) is 6.42 Å². The van der Waals surface area contributed by atoms with Crippen LogP contribution < -0.4 is 5.73 Å². The summed E-state index contributed by atoms with van der Waals surface area (Å²) in [6, 6.07) is -1.02. The van der Waals surface area contributed by atoms with Crippen molar-refractivity contribution in [2.75, 3.05) is 13.7 Å². The molecule has 82 valence electrons. The molecule has 1 fully saturated rings. The van der Waals surface area contributed by atoms with Gasteiger partial charge in [0.1, 0.15) is 6.04 Å². The quantitative estimate of drug-likeness (QED) is 0.595. The largest absolute Gasteiger partial charge is 0.467 e.